The van der Waals surface area contributed by atoms with Gasteiger partial charge in [0.15, 0.2) is 5.65 Å². The lowest BCUT2D eigenvalue weighted by Crippen LogP contribution is -2.19. The first-order chi connectivity index (χ1) is 8.90. The highest BCUT2D eigenvalue weighted by molar-refractivity contribution is 9.10. The van der Waals surface area contributed by atoms with Crippen LogP contribution in [0.5, 0.6) is 0 Å². The zero-order chi connectivity index (χ0) is 14.2. The second-order valence-corrected chi connectivity index (χ2v) is 7.87. The van der Waals surface area contributed by atoms with Crippen LogP contribution < -0.4 is 0 Å². The number of hydrogen-bond acceptors (Lipinski definition) is 3. The zero-order valence-corrected chi connectivity index (χ0v) is 14.1. The van der Waals surface area contributed by atoms with Gasteiger partial charge >= 0.3 is 0 Å². The Bertz CT molecular complexity index is 629. The van der Waals surface area contributed by atoms with E-state index in [0.717, 1.165) is 21.5 Å². The van der Waals surface area contributed by atoms with Crippen molar-refractivity contribution in [3.05, 3.63) is 22.6 Å². The van der Waals surface area contributed by atoms with Crippen LogP contribution in [0, 0.1) is 0 Å². The molecule has 0 fully saturated rings. The third-order valence-corrected chi connectivity index (χ3v) is 4.85. The van der Waals surface area contributed by atoms with Crippen LogP contribution >= 0.6 is 27.5 Å². The van der Waals surface area contributed by atoms with Gasteiger partial charge in [-0.05, 0) is 35.8 Å². The fourth-order valence-corrected chi connectivity index (χ4v) is 2.69. The van der Waals surface area contributed by atoms with Gasteiger partial charge in [-0.1, -0.05) is 0 Å². The molecule has 0 bridgehead atoms. The minimum absolute atomic E-state index is 0.0250. The van der Waals surface area contributed by atoms with E-state index in [9.17, 15) is 4.21 Å². The maximum atomic E-state index is 11.6. The molecule has 0 N–H and O–H groups in total. The molecule has 19 heavy (non-hydrogen) atoms. The SMILES string of the molecule is CC(Cl)c1nc2cc(Br)cnc2n1CC(C)S(C)=O. The van der Waals surface area contributed by atoms with E-state index in [1.165, 1.54) is 0 Å². The summed E-state index contributed by atoms with van der Waals surface area (Å²) in [7, 11) is -0.892. The lowest BCUT2D eigenvalue weighted by molar-refractivity contribution is 0.630. The molecular weight excluding hydrogens is 350 g/mol. The van der Waals surface area contributed by atoms with Crippen molar-refractivity contribution in [1.29, 1.82) is 0 Å². The number of alkyl halides is 1. The Morgan fingerprint density at radius 1 is 1.53 bits per heavy atom. The van der Waals surface area contributed by atoms with Gasteiger partial charge in [0.1, 0.15) is 11.3 Å². The largest absolute Gasteiger partial charge is 0.310 e. The van der Waals surface area contributed by atoms with Crippen molar-refractivity contribution in [3.8, 4) is 0 Å². The molecule has 0 radical (unpaired) electrons. The number of halogens is 2. The Hall–Kier alpha value is -0.460. The highest BCUT2D eigenvalue weighted by Crippen LogP contribution is 2.25. The summed E-state index contributed by atoms with van der Waals surface area (Å²) in [6.45, 7) is 4.42. The number of pyridine rings is 1. The quantitative estimate of drug-likeness (QED) is 0.782. The van der Waals surface area contributed by atoms with Gasteiger partial charge < -0.3 is 4.57 Å². The first-order valence-electron chi connectivity index (χ1n) is 5.88. The first-order valence-corrected chi connectivity index (χ1v) is 8.73. The van der Waals surface area contributed by atoms with E-state index in [1.54, 1.807) is 12.5 Å². The standard InChI is InChI=1S/C12H15BrClN3OS/c1-7(19(3)18)6-17-11(8(2)14)16-10-4-9(13)5-15-12(10)17/h4-5,7-8H,6H2,1-3H3. The molecule has 3 unspecified atom stereocenters. The normalized spacial score (nSPS) is 16.5. The molecule has 2 aromatic rings. The van der Waals surface area contributed by atoms with E-state index in [1.807, 2.05) is 24.5 Å². The van der Waals surface area contributed by atoms with Gasteiger partial charge in [-0.3, -0.25) is 4.21 Å². The van der Waals surface area contributed by atoms with Gasteiger partial charge in [0.2, 0.25) is 0 Å². The fraction of sp³-hybridized carbons (Fsp3) is 0.500. The smallest absolute Gasteiger partial charge is 0.160 e. The van der Waals surface area contributed by atoms with Crippen LogP contribution in [-0.4, -0.2) is 30.2 Å². The van der Waals surface area contributed by atoms with Crippen LogP contribution in [0.1, 0.15) is 25.0 Å². The summed E-state index contributed by atoms with van der Waals surface area (Å²) in [5.74, 6) is 0.763. The number of imidazole rings is 1. The van der Waals surface area contributed by atoms with Crippen molar-refractivity contribution in [1.82, 2.24) is 14.5 Å². The fourth-order valence-electron chi connectivity index (χ4n) is 1.85. The molecule has 0 aliphatic rings. The van der Waals surface area contributed by atoms with Crippen molar-refractivity contribution in [2.24, 2.45) is 0 Å². The third-order valence-electron chi connectivity index (χ3n) is 2.94. The van der Waals surface area contributed by atoms with Gasteiger partial charge in [-0.2, -0.15) is 0 Å². The molecule has 0 aromatic carbocycles. The highest BCUT2D eigenvalue weighted by Gasteiger charge is 2.19. The average Bonchev–Trinajstić information content (AvgIpc) is 2.67. The Balaban J connectivity index is 2.55. The number of rotatable bonds is 4. The molecule has 0 aliphatic carbocycles. The Morgan fingerprint density at radius 3 is 2.79 bits per heavy atom. The van der Waals surface area contributed by atoms with Gasteiger partial charge in [0.05, 0.1) is 5.38 Å². The molecule has 2 rings (SSSR count). The summed E-state index contributed by atoms with van der Waals surface area (Å²) in [6, 6.07) is 1.91. The van der Waals surface area contributed by atoms with Gasteiger partial charge in [0.25, 0.3) is 0 Å². The molecular formula is C12H15BrClN3OS. The van der Waals surface area contributed by atoms with Crippen LogP contribution in [0.3, 0.4) is 0 Å². The number of nitrogens with zero attached hydrogens (tertiary/aromatic N) is 3. The van der Waals surface area contributed by atoms with Crippen LogP contribution in [0.2, 0.25) is 0 Å². The Labute approximate surface area is 128 Å². The molecule has 2 aromatic heterocycles. The first kappa shape index (κ1) is 14.9. The predicted octanol–water partition coefficient (Wildman–Crippen LogP) is 3.26. The van der Waals surface area contributed by atoms with Crippen LogP contribution in [-0.2, 0) is 17.3 Å². The molecule has 104 valence electrons. The summed E-state index contributed by atoms with van der Waals surface area (Å²) in [4.78, 5) is 8.92. The maximum Gasteiger partial charge on any atom is 0.160 e. The van der Waals surface area contributed by atoms with Crippen LogP contribution in [0.25, 0.3) is 11.2 Å². The Morgan fingerprint density at radius 2 is 2.21 bits per heavy atom. The zero-order valence-electron chi connectivity index (χ0n) is 10.9. The second kappa shape index (κ2) is 5.89. The summed E-state index contributed by atoms with van der Waals surface area (Å²) in [5.41, 5.74) is 1.58. The molecule has 0 saturated heterocycles. The average molecular weight is 365 g/mol. The van der Waals surface area contributed by atoms with Crippen molar-refractivity contribution in [2.45, 2.75) is 31.0 Å². The minimum Gasteiger partial charge on any atom is -0.310 e. The minimum atomic E-state index is -0.892. The van der Waals surface area contributed by atoms with Gasteiger partial charge in [-0.25, -0.2) is 9.97 Å². The van der Waals surface area contributed by atoms with E-state index in [0.29, 0.717) is 6.54 Å². The third kappa shape index (κ3) is 3.17. The van der Waals surface area contributed by atoms with E-state index in [-0.39, 0.29) is 10.6 Å². The molecule has 0 saturated carbocycles. The van der Waals surface area contributed by atoms with Crippen molar-refractivity contribution in [3.63, 3.8) is 0 Å². The molecule has 3 atom stereocenters. The van der Waals surface area contributed by atoms with E-state index in [4.69, 9.17) is 11.6 Å². The van der Waals surface area contributed by atoms with Gasteiger partial charge in [0, 0.05) is 39.5 Å². The van der Waals surface area contributed by atoms with Crippen molar-refractivity contribution < 1.29 is 4.21 Å². The molecule has 2 heterocycles. The molecule has 0 amide bonds. The molecule has 0 spiro atoms. The monoisotopic (exact) mass is 363 g/mol. The number of hydrogen-bond donors (Lipinski definition) is 0. The van der Waals surface area contributed by atoms with Crippen molar-refractivity contribution in [2.75, 3.05) is 6.26 Å². The maximum absolute atomic E-state index is 11.6. The summed E-state index contributed by atoms with van der Waals surface area (Å²) in [5, 5.41) is -0.192. The van der Waals surface area contributed by atoms with Crippen molar-refractivity contribution >= 4 is 49.5 Å². The van der Waals surface area contributed by atoms with E-state index < -0.39 is 10.8 Å². The molecule has 4 nitrogen and oxygen atoms in total. The van der Waals surface area contributed by atoms with Crippen LogP contribution in [0.4, 0.5) is 0 Å². The lowest BCUT2D eigenvalue weighted by atomic mass is 10.4. The number of fused-ring (bicyclic) bond motifs is 1. The summed E-state index contributed by atoms with van der Waals surface area (Å²) in [6.07, 6.45) is 3.44. The topological polar surface area (TPSA) is 47.8 Å². The molecule has 7 heteroatoms. The summed E-state index contributed by atoms with van der Waals surface area (Å²) >= 11 is 9.57. The Kier molecular flexibility index (Phi) is 4.63. The lowest BCUT2D eigenvalue weighted by Gasteiger charge is -2.13. The molecule has 0 aliphatic heterocycles. The number of aromatic nitrogens is 3. The predicted molar refractivity (Wildman–Crippen MR) is 83.0 cm³/mol. The van der Waals surface area contributed by atoms with Crippen LogP contribution in [0.15, 0.2) is 16.7 Å². The second-order valence-electron chi connectivity index (χ2n) is 4.50. The van der Waals surface area contributed by atoms with E-state index >= 15 is 0 Å². The van der Waals surface area contributed by atoms with E-state index in [2.05, 4.69) is 25.9 Å². The van der Waals surface area contributed by atoms with Gasteiger partial charge in [-0.15, -0.1) is 11.6 Å². The highest BCUT2D eigenvalue weighted by atomic mass is 79.9. The summed E-state index contributed by atoms with van der Waals surface area (Å²) < 4.78 is 14.4.